The van der Waals surface area contributed by atoms with Gasteiger partial charge < -0.3 is 15.4 Å². The first-order chi connectivity index (χ1) is 13.5. The fourth-order valence-electron chi connectivity index (χ4n) is 2.28. The minimum absolute atomic E-state index is 0.163. The molecule has 0 saturated heterocycles. The van der Waals surface area contributed by atoms with Crippen LogP contribution >= 0.6 is 0 Å². The van der Waals surface area contributed by atoms with E-state index in [1.807, 2.05) is 0 Å². The number of aromatic nitrogens is 3. The van der Waals surface area contributed by atoms with Gasteiger partial charge in [0.05, 0.1) is 29.7 Å². The smallest absolute Gasteiger partial charge is 0.340 e. The van der Waals surface area contributed by atoms with Gasteiger partial charge in [-0.15, -0.1) is 5.10 Å². The zero-order valence-electron chi connectivity index (χ0n) is 14.5. The number of hydrogen-bond acceptors (Lipinski definition) is 7. The first-order valence-corrected chi connectivity index (χ1v) is 8.13. The van der Waals surface area contributed by atoms with Crippen LogP contribution in [0.2, 0.25) is 0 Å². The third kappa shape index (κ3) is 4.17. The van der Waals surface area contributed by atoms with Crippen LogP contribution in [0.4, 0.5) is 36.3 Å². The summed E-state index contributed by atoms with van der Waals surface area (Å²) in [5.74, 6) is -4.84. The van der Waals surface area contributed by atoms with Crippen LogP contribution in [0.25, 0.3) is 0 Å². The lowest BCUT2D eigenvalue weighted by atomic mass is 10.2. The van der Waals surface area contributed by atoms with Crippen molar-refractivity contribution in [3.63, 3.8) is 0 Å². The number of anilines is 4. The van der Waals surface area contributed by atoms with Gasteiger partial charge in [-0.1, -0.05) is 12.1 Å². The minimum Gasteiger partial charge on any atom is -0.462 e. The van der Waals surface area contributed by atoms with Crippen LogP contribution in [0.5, 0.6) is 0 Å². The number of carbonyl (C=O) groups is 1. The molecule has 0 spiro atoms. The number of ether oxygens (including phenoxy) is 1. The Hall–Kier alpha value is -3.69. The van der Waals surface area contributed by atoms with Crippen molar-refractivity contribution in [3.05, 3.63) is 65.6 Å². The Balaban J connectivity index is 1.84. The molecule has 3 aromatic rings. The Morgan fingerprint density at radius 2 is 1.82 bits per heavy atom. The zero-order chi connectivity index (χ0) is 20.1. The van der Waals surface area contributed by atoms with Crippen LogP contribution in [0.1, 0.15) is 17.3 Å². The van der Waals surface area contributed by atoms with Gasteiger partial charge in [0.2, 0.25) is 5.95 Å². The lowest BCUT2D eigenvalue weighted by Crippen LogP contribution is -2.09. The van der Waals surface area contributed by atoms with E-state index in [1.165, 1.54) is 6.20 Å². The second kappa shape index (κ2) is 8.33. The number of carbonyl (C=O) groups excluding carboxylic acids is 1. The Morgan fingerprint density at radius 3 is 2.61 bits per heavy atom. The molecular weight excluding hydrogens is 375 g/mol. The number of para-hydroxylation sites is 1. The summed E-state index contributed by atoms with van der Waals surface area (Å²) in [6, 6.07) is 8.37. The molecule has 0 bridgehead atoms. The minimum atomic E-state index is -1.62. The third-order valence-corrected chi connectivity index (χ3v) is 3.53. The number of esters is 1. The van der Waals surface area contributed by atoms with E-state index in [1.54, 1.807) is 31.2 Å². The number of rotatable bonds is 6. The van der Waals surface area contributed by atoms with Gasteiger partial charge in [0.1, 0.15) is 0 Å². The molecule has 144 valence electrons. The van der Waals surface area contributed by atoms with E-state index < -0.39 is 23.4 Å². The highest BCUT2D eigenvalue weighted by atomic mass is 19.2. The van der Waals surface area contributed by atoms with E-state index in [9.17, 15) is 18.0 Å². The standard InChI is InChI=1S/C18H14F3N5O2/c1-2-28-17(27)10-5-3-4-6-12(10)23-14-9-22-26-18(25-14)24-13-8-7-11(19)15(20)16(13)21/h3-9H,2H2,1H3,(H2,23,24,25,26). The Morgan fingerprint density at radius 1 is 1.04 bits per heavy atom. The second-order valence-corrected chi connectivity index (χ2v) is 5.40. The fourth-order valence-corrected chi connectivity index (χ4v) is 2.28. The summed E-state index contributed by atoms with van der Waals surface area (Å²) in [5, 5.41) is 12.7. The van der Waals surface area contributed by atoms with Gasteiger partial charge in [0.25, 0.3) is 0 Å². The number of hydrogen-bond donors (Lipinski definition) is 2. The molecule has 0 atom stereocenters. The average Bonchev–Trinajstić information content (AvgIpc) is 2.69. The lowest BCUT2D eigenvalue weighted by Gasteiger charge is -2.11. The maximum atomic E-state index is 13.8. The molecular formula is C18H14F3N5O2. The van der Waals surface area contributed by atoms with E-state index in [2.05, 4.69) is 25.8 Å². The molecule has 1 heterocycles. The Kier molecular flexibility index (Phi) is 5.68. The highest BCUT2D eigenvalue weighted by Gasteiger charge is 2.15. The Bertz CT molecular complexity index is 1020. The lowest BCUT2D eigenvalue weighted by molar-refractivity contribution is 0.0527. The number of nitrogens with one attached hydrogen (secondary N) is 2. The molecule has 0 amide bonds. The van der Waals surface area contributed by atoms with Crippen molar-refractivity contribution in [3.8, 4) is 0 Å². The van der Waals surface area contributed by atoms with Crippen molar-refractivity contribution >= 4 is 29.1 Å². The van der Waals surface area contributed by atoms with Crippen LogP contribution in [0, 0.1) is 17.5 Å². The van der Waals surface area contributed by atoms with E-state index in [4.69, 9.17) is 4.74 Å². The van der Waals surface area contributed by atoms with Crippen molar-refractivity contribution in [1.29, 1.82) is 0 Å². The molecule has 0 unspecified atom stereocenters. The normalized spacial score (nSPS) is 10.4. The van der Waals surface area contributed by atoms with Crippen LogP contribution in [0.15, 0.2) is 42.6 Å². The fraction of sp³-hybridized carbons (Fsp3) is 0.111. The summed E-state index contributed by atoms with van der Waals surface area (Å²) in [4.78, 5) is 16.1. The molecule has 0 aliphatic heterocycles. The van der Waals surface area contributed by atoms with Crippen molar-refractivity contribution in [2.75, 3.05) is 17.2 Å². The summed E-state index contributed by atoms with van der Waals surface area (Å²) in [7, 11) is 0. The topological polar surface area (TPSA) is 89.0 Å². The van der Waals surface area contributed by atoms with E-state index in [-0.39, 0.29) is 29.6 Å². The van der Waals surface area contributed by atoms with Gasteiger partial charge >= 0.3 is 5.97 Å². The highest BCUT2D eigenvalue weighted by Crippen LogP contribution is 2.24. The number of benzene rings is 2. The molecule has 0 aliphatic carbocycles. The van der Waals surface area contributed by atoms with E-state index >= 15 is 0 Å². The predicted octanol–water partition coefficient (Wildman–Crippen LogP) is 3.95. The van der Waals surface area contributed by atoms with Crippen molar-refractivity contribution in [1.82, 2.24) is 15.2 Å². The monoisotopic (exact) mass is 389 g/mol. The molecule has 0 saturated carbocycles. The van der Waals surface area contributed by atoms with Gasteiger partial charge in [0, 0.05) is 0 Å². The highest BCUT2D eigenvalue weighted by molar-refractivity contribution is 5.96. The summed E-state index contributed by atoms with van der Waals surface area (Å²) in [6.07, 6.45) is 1.27. The predicted molar refractivity (Wildman–Crippen MR) is 95.1 cm³/mol. The van der Waals surface area contributed by atoms with Crippen molar-refractivity contribution in [2.45, 2.75) is 6.92 Å². The molecule has 7 nitrogen and oxygen atoms in total. The van der Waals surface area contributed by atoms with Crippen molar-refractivity contribution in [2.24, 2.45) is 0 Å². The molecule has 2 N–H and O–H groups in total. The largest absolute Gasteiger partial charge is 0.462 e. The first-order valence-electron chi connectivity index (χ1n) is 8.13. The average molecular weight is 389 g/mol. The van der Waals surface area contributed by atoms with Crippen LogP contribution in [-0.4, -0.2) is 27.8 Å². The summed E-state index contributed by atoms with van der Waals surface area (Å²) >= 11 is 0. The molecule has 1 aromatic heterocycles. The first kappa shape index (κ1) is 19.1. The summed E-state index contributed by atoms with van der Waals surface area (Å²) in [5.41, 5.74) is 0.334. The SMILES string of the molecule is CCOC(=O)c1ccccc1Nc1cnnc(Nc2ccc(F)c(F)c2F)n1. The molecule has 10 heteroatoms. The number of halogens is 3. The van der Waals surface area contributed by atoms with E-state index in [0.717, 1.165) is 12.1 Å². The molecule has 2 aromatic carbocycles. The third-order valence-electron chi connectivity index (χ3n) is 3.53. The van der Waals surface area contributed by atoms with Crippen molar-refractivity contribution < 1.29 is 22.7 Å². The quantitative estimate of drug-likeness (QED) is 0.487. The molecule has 0 fully saturated rings. The molecule has 0 aliphatic rings. The summed E-state index contributed by atoms with van der Waals surface area (Å²) < 4.78 is 45.2. The molecule has 3 rings (SSSR count). The van der Waals surface area contributed by atoms with E-state index in [0.29, 0.717) is 5.69 Å². The molecule has 0 radical (unpaired) electrons. The van der Waals surface area contributed by atoms with Gasteiger partial charge in [-0.3, -0.25) is 0 Å². The Labute approximate surface area is 157 Å². The van der Waals surface area contributed by atoms with Crippen LogP contribution in [-0.2, 0) is 4.74 Å². The maximum absolute atomic E-state index is 13.8. The maximum Gasteiger partial charge on any atom is 0.340 e. The van der Waals surface area contributed by atoms with Gasteiger partial charge in [0.15, 0.2) is 23.3 Å². The van der Waals surface area contributed by atoms with Gasteiger partial charge in [-0.25, -0.2) is 18.0 Å². The second-order valence-electron chi connectivity index (χ2n) is 5.40. The van der Waals surface area contributed by atoms with Crippen LogP contribution in [0.3, 0.4) is 0 Å². The molecule has 28 heavy (non-hydrogen) atoms. The zero-order valence-corrected chi connectivity index (χ0v) is 14.5. The summed E-state index contributed by atoms with van der Waals surface area (Å²) in [6.45, 7) is 1.91. The number of nitrogens with zero attached hydrogens (tertiary/aromatic N) is 3. The van der Waals surface area contributed by atoms with Gasteiger partial charge in [-0.2, -0.15) is 10.1 Å². The van der Waals surface area contributed by atoms with Crippen LogP contribution < -0.4 is 10.6 Å². The van der Waals surface area contributed by atoms with Gasteiger partial charge in [-0.05, 0) is 31.2 Å².